The van der Waals surface area contributed by atoms with Gasteiger partial charge in [0.2, 0.25) is 4.96 Å². The molecule has 94 valence electrons. The van der Waals surface area contributed by atoms with Gasteiger partial charge in [-0.05, 0) is 23.8 Å². The first kappa shape index (κ1) is 11.5. The Morgan fingerprint density at radius 2 is 2.05 bits per heavy atom. The third kappa shape index (κ3) is 1.97. The minimum absolute atomic E-state index is 0.0182. The molecule has 0 spiro atoms. The summed E-state index contributed by atoms with van der Waals surface area (Å²) in [5, 5.41) is 18.0. The number of aromatic nitrogens is 3. The summed E-state index contributed by atoms with van der Waals surface area (Å²) in [6, 6.07) is 5.99. The Balaban J connectivity index is 2.10. The molecular formula is C11H6N4O3S. The highest BCUT2D eigenvalue weighted by molar-refractivity contribution is 7.15. The summed E-state index contributed by atoms with van der Waals surface area (Å²) in [7, 11) is 0. The van der Waals surface area contributed by atoms with Gasteiger partial charge in [-0.15, -0.1) is 10.2 Å². The number of fused-ring (bicyclic) bond motifs is 1. The van der Waals surface area contributed by atoms with Crippen molar-refractivity contribution >= 4 is 28.1 Å². The maximum Gasteiger partial charge on any atom is 0.275 e. The maximum absolute atomic E-state index is 11.9. The van der Waals surface area contributed by atoms with E-state index in [1.807, 2.05) is 0 Å². The van der Waals surface area contributed by atoms with Crippen LogP contribution in [0.1, 0.15) is 5.56 Å². The van der Waals surface area contributed by atoms with Gasteiger partial charge in [0, 0.05) is 12.1 Å². The third-order valence-electron chi connectivity index (χ3n) is 2.55. The van der Waals surface area contributed by atoms with Crippen molar-refractivity contribution in [2.45, 2.75) is 0 Å². The second kappa shape index (κ2) is 4.25. The van der Waals surface area contributed by atoms with Crippen molar-refractivity contribution in [3.8, 4) is 0 Å². The molecule has 0 bridgehead atoms. The van der Waals surface area contributed by atoms with Crippen molar-refractivity contribution in [1.82, 2.24) is 14.6 Å². The Morgan fingerprint density at radius 3 is 2.68 bits per heavy atom. The molecule has 19 heavy (non-hydrogen) atoms. The molecule has 0 radical (unpaired) electrons. The standard InChI is InChI=1S/C11H6N4O3S/c16-10-9(19-11-13-12-6-14(10)11)5-7-1-3-8(4-2-7)15(17)18/h1-6H/b9-5+. The fourth-order valence-corrected chi connectivity index (χ4v) is 2.52. The average Bonchev–Trinajstić information content (AvgIpc) is 2.95. The molecule has 3 aromatic rings. The first-order chi connectivity index (χ1) is 9.15. The van der Waals surface area contributed by atoms with E-state index >= 15 is 0 Å². The molecule has 0 atom stereocenters. The summed E-state index contributed by atoms with van der Waals surface area (Å²) in [6.07, 6.45) is 3.03. The lowest BCUT2D eigenvalue weighted by atomic mass is 10.2. The zero-order valence-corrected chi connectivity index (χ0v) is 10.2. The largest absolute Gasteiger partial charge is 0.275 e. The molecule has 0 aliphatic heterocycles. The number of nitro groups is 1. The first-order valence-electron chi connectivity index (χ1n) is 5.24. The molecule has 2 aromatic heterocycles. The number of hydrogen-bond acceptors (Lipinski definition) is 6. The lowest BCUT2D eigenvalue weighted by Crippen LogP contribution is -2.22. The predicted octanol–water partition coefficient (Wildman–Crippen LogP) is 0.607. The van der Waals surface area contributed by atoms with Gasteiger partial charge in [-0.3, -0.25) is 14.9 Å². The Bertz CT molecular complexity index is 866. The van der Waals surface area contributed by atoms with E-state index in [4.69, 9.17) is 0 Å². The van der Waals surface area contributed by atoms with Crippen LogP contribution < -0.4 is 10.1 Å². The third-order valence-corrected chi connectivity index (χ3v) is 3.52. The molecular weight excluding hydrogens is 268 g/mol. The molecule has 0 fully saturated rings. The van der Waals surface area contributed by atoms with Gasteiger partial charge in [0.15, 0.2) is 0 Å². The van der Waals surface area contributed by atoms with Crippen LogP contribution in [0, 0.1) is 10.1 Å². The second-order valence-electron chi connectivity index (χ2n) is 3.75. The molecule has 3 rings (SSSR count). The lowest BCUT2D eigenvalue weighted by Gasteiger charge is -1.92. The van der Waals surface area contributed by atoms with E-state index in [1.165, 1.54) is 34.2 Å². The predicted molar refractivity (Wildman–Crippen MR) is 69.0 cm³/mol. The van der Waals surface area contributed by atoms with Crippen LogP contribution in [0.2, 0.25) is 0 Å². The van der Waals surface area contributed by atoms with Crippen LogP contribution in [0.4, 0.5) is 5.69 Å². The summed E-state index contributed by atoms with van der Waals surface area (Å²) >= 11 is 1.22. The molecule has 0 aliphatic rings. The minimum Gasteiger partial charge on any atom is -0.267 e. The molecule has 7 nitrogen and oxygen atoms in total. The van der Waals surface area contributed by atoms with E-state index in [0.717, 1.165) is 5.56 Å². The van der Waals surface area contributed by atoms with E-state index < -0.39 is 4.92 Å². The monoisotopic (exact) mass is 274 g/mol. The van der Waals surface area contributed by atoms with Crippen LogP contribution in [-0.4, -0.2) is 19.5 Å². The topological polar surface area (TPSA) is 90.4 Å². The van der Waals surface area contributed by atoms with Crippen LogP contribution in [0.5, 0.6) is 0 Å². The fraction of sp³-hybridized carbons (Fsp3) is 0. The smallest absolute Gasteiger partial charge is 0.267 e. The summed E-state index contributed by atoms with van der Waals surface area (Å²) in [4.78, 5) is 22.5. The number of rotatable bonds is 2. The molecule has 2 heterocycles. The molecule has 1 aromatic carbocycles. The number of nitro benzene ring substituents is 1. The molecule has 0 amide bonds. The minimum atomic E-state index is -0.465. The van der Waals surface area contributed by atoms with Crippen LogP contribution in [-0.2, 0) is 0 Å². The van der Waals surface area contributed by atoms with E-state index in [-0.39, 0.29) is 11.2 Å². The summed E-state index contributed by atoms with van der Waals surface area (Å²) in [5.74, 6) is 0. The molecule has 0 aliphatic carbocycles. The molecule has 8 heteroatoms. The van der Waals surface area contributed by atoms with Gasteiger partial charge in [-0.2, -0.15) is 0 Å². The number of benzene rings is 1. The van der Waals surface area contributed by atoms with E-state index in [2.05, 4.69) is 10.2 Å². The highest BCUT2D eigenvalue weighted by atomic mass is 32.1. The maximum atomic E-state index is 11.9. The lowest BCUT2D eigenvalue weighted by molar-refractivity contribution is -0.384. The van der Waals surface area contributed by atoms with Crippen molar-refractivity contribution in [1.29, 1.82) is 0 Å². The van der Waals surface area contributed by atoms with Crippen LogP contribution in [0.25, 0.3) is 11.0 Å². The number of non-ortho nitro benzene ring substituents is 1. The van der Waals surface area contributed by atoms with Gasteiger partial charge in [0.25, 0.3) is 11.2 Å². The van der Waals surface area contributed by atoms with Crippen molar-refractivity contribution in [3.63, 3.8) is 0 Å². The van der Waals surface area contributed by atoms with E-state index in [0.29, 0.717) is 9.49 Å². The average molecular weight is 274 g/mol. The Labute approximate surface area is 109 Å². The SMILES string of the molecule is O=c1/c(=C\c2ccc([N+](=O)[O-])cc2)sc2nncn12. The highest BCUT2D eigenvalue weighted by Gasteiger charge is 2.06. The summed E-state index contributed by atoms with van der Waals surface area (Å²) < 4.78 is 1.88. The number of nitrogens with zero attached hydrogens (tertiary/aromatic N) is 4. The Morgan fingerprint density at radius 1 is 1.32 bits per heavy atom. The fourth-order valence-electron chi connectivity index (χ4n) is 1.63. The molecule has 0 N–H and O–H groups in total. The number of hydrogen-bond donors (Lipinski definition) is 0. The van der Waals surface area contributed by atoms with Gasteiger partial charge in [-0.1, -0.05) is 11.3 Å². The Hall–Kier alpha value is -2.61. The van der Waals surface area contributed by atoms with Gasteiger partial charge in [0.1, 0.15) is 6.33 Å². The first-order valence-corrected chi connectivity index (χ1v) is 6.05. The van der Waals surface area contributed by atoms with Crippen molar-refractivity contribution in [2.24, 2.45) is 0 Å². The second-order valence-corrected chi connectivity index (χ2v) is 4.76. The zero-order valence-electron chi connectivity index (χ0n) is 9.39. The molecule has 0 saturated carbocycles. The summed E-state index contributed by atoms with van der Waals surface area (Å²) in [5.41, 5.74) is 0.549. The molecule has 0 unspecified atom stereocenters. The van der Waals surface area contributed by atoms with Gasteiger partial charge < -0.3 is 0 Å². The van der Waals surface area contributed by atoms with Gasteiger partial charge >= 0.3 is 0 Å². The zero-order chi connectivity index (χ0) is 13.4. The summed E-state index contributed by atoms with van der Waals surface area (Å²) in [6.45, 7) is 0. The molecule has 0 saturated heterocycles. The quantitative estimate of drug-likeness (QED) is 0.504. The van der Waals surface area contributed by atoms with Crippen LogP contribution in [0.3, 0.4) is 0 Å². The van der Waals surface area contributed by atoms with Gasteiger partial charge in [-0.25, -0.2) is 4.40 Å². The van der Waals surface area contributed by atoms with E-state index in [1.54, 1.807) is 18.2 Å². The van der Waals surface area contributed by atoms with Crippen LogP contribution >= 0.6 is 11.3 Å². The van der Waals surface area contributed by atoms with E-state index in [9.17, 15) is 14.9 Å². The number of thiazole rings is 1. The van der Waals surface area contributed by atoms with Crippen molar-refractivity contribution < 1.29 is 4.92 Å². The highest BCUT2D eigenvalue weighted by Crippen LogP contribution is 2.12. The van der Waals surface area contributed by atoms with Crippen molar-refractivity contribution in [3.05, 3.63) is 61.2 Å². The van der Waals surface area contributed by atoms with Crippen LogP contribution in [0.15, 0.2) is 35.4 Å². The van der Waals surface area contributed by atoms with Crippen molar-refractivity contribution in [2.75, 3.05) is 0 Å². The normalized spacial score (nSPS) is 12.1. The Kier molecular flexibility index (Phi) is 2.57. The van der Waals surface area contributed by atoms with Gasteiger partial charge in [0.05, 0.1) is 9.46 Å².